The quantitative estimate of drug-likeness (QED) is 0.610. The van der Waals surface area contributed by atoms with E-state index < -0.39 is 56.8 Å². The van der Waals surface area contributed by atoms with Crippen LogP contribution < -0.4 is 0 Å². The van der Waals surface area contributed by atoms with Crippen molar-refractivity contribution in [1.29, 1.82) is 0 Å². The number of hydrogen-bond donors (Lipinski definition) is 1. The van der Waals surface area contributed by atoms with Gasteiger partial charge in [-0.25, -0.2) is 17.5 Å². The third-order valence-electron chi connectivity index (χ3n) is 8.95. The molecule has 4 bridgehead atoms. The SMILES string of the molecule is COC(=O)[C@]12O[C@](C)(C[C@H]1C(=O)N1[C@@H]3C[C@H]4CC[C@]3(CS1(=O)=O)C4(C)C)OC[C@@H]2O. The number of hydrogen-bond acceptors (Lipinski definition) is 8. The van der Waals surface area contributed by atoms with Gasteiger partial charge in [0.05, 0.1) is 31.4 Å². The molecule has 3 aliphatic heterocycles. The molecule has 5 aliphatic rings. The summed E-state index contributed by atoms with van der Waals surface area (Å²) in [6.07, 6.45) is 0.893. The first-order chi connectivity index (χ1) is 13.8. The van der Waals surface area contributed by atoms with Crippen molar-refractivity contribution in [2.75, 3.05) is 19.5 Å². The van der Waals surface area contributed by atoms with Gasteiger partial charge in [-0.05, 0) is 37.5 Å². The number of amides is 1. The number of methoxy groups -OCH3 is 1. The van der Waals surface area contributed by atoms with E-state index in [4.69, 9.17) is 14.2 Å². The van der Waals surface area contributed by atoms with Crippen LogP contribution in [0.5, 0.6) is 0 Å². The second kappa shape index (κ2) is 5.76. The van der Waals surface area contributed by atoms with Crippen LogP contribution in [-0.4, -0.2) is 72.7 Å². The van der Waals surface area contributed by atoms with Crippen LogP contribution in [0.25, 0.3) is 0 Å². The minimum absolute atomic E-state index is 0.0312. The van der Waals surface area contributed by atoms with E-state index in [1.165, 1.54) is 0 Å². The van der Waals surface area contributed by atoms with E-state index in [9.17, 15) is 23.1 Å². The van der Waals surface area contributed by atoms with Crippen molar-refractivity contribution >= 4 is 21.9 Å². The molecule has 2 saturated carbocycles. The molecule has 3 saturated heterocycles. The predicted molar refractivity (Wildman–Crippen MR) is 102 cm³/mol. The van der Waals surface area contributed by atoms with E-state index in [1.807, 2.05) is 0 Å². The number of ether oxygens (including phenoxy) is 3. The van der Waals surface area contributed by atoms with Gasteiger partial charge in [-0.3, -0.25) is 4.79 Å². The van der Waals surface area contributed by atoms with Gasteiger partial charge in [-0.15, -0.1) is 0 Å². The van der Waals surface area contributed by atoms with E-state index in [-0.39, 0.29) is 24.2 Å². The average Bonchev–Trinajstić information content (AvgIpc) is 3.25. The van der Waals surface area contributed by atoms with Crippen LogP contribution in [0.1, 0.15) is 46.5 Å². The third kappa shape index (κ3) is 2.16. The maximum Gasteiger partial charge on any atom is 0.341 e. The lowest BCUT2D eigenvalue weighted by Gasteiger charge is -2.41. The molecule has 0 aromatic carbocycles. The van der Waals surface area contributed by atoms with Gasteiger partial charge in [0.15, 0.2) is 5.79 Å². The Morgan fingerprint density at radius 1 is 1.23 bits per heavy atom. The Labute approximate surface area is 176 Å². The molecule has 0 radical (unpaired) electrons. The standard InChI is InChI=1S/C20H29NO8S/c1-17(2)11-5-6-19(17)10-30(25,26)21(13(19)7-11)15(23)12-8-18(3)28-9-14(22)20(12,29-18)16(24)27-4/h11-14,22H,5-10H2,1-4H3/t11-,12+,13-,14+,18-,19-,20+/m1/s1. The van der Waals surface area contributed by atoms with Crippen molar-refractivity contribution in [3.05, 3.63) is 0 Å². The monoisotopic (exact) mass is 443 g/mol. The number of carbonyl (C=O) groups is 2. The number of aliphatic hydroxyl groups is 1. The number of nitrogens with zero attached hydrogens (tertiary/aromatic N) is 1. The molecule has 1 spiro atoms. The van der Waals surface area contributed by atoms with E-state index in [2.05, 4.69) is 13.8 Å². The number of aliphatic hydroxyl groups excluding tert-OH is 1. The maximum absolute atomic E-state index is 13.8. The summed E-state index contributed by atoms with van der Waals surface area (Å²) in [5.41, 5.74) is -2.63. The maximum atomic E-state index is 13.8. The molecular formula is C20H29NO8S. The number of rotatable bonds is 2. The van der Waals surface area contributed by atoms with Gasteiger partial charge in [0.1, 0.15) is 6.10 Å². The highest BCUT2D eigenvalue weighted by atomic mass is 32.2. The minimum Gasteiger partial charge on any atom is -0.467 e. The zero-order chi connectivity index (χ0) is 21.9. The number of fused-ring (bicyclic) bond motifs is 3. The Morgan fingerprint density at radius 3 is 2.57 bits per heavy atom. The molecule has 0 unspecified atom stereocenters. The summed E-state index contributed by atoms with van der Waals surface area (Å²) in [4.78, 5) is 26.6. The number of esters is 1. The molecule has 0 aromatic rings. The summed E-state index contributed by atoms with van der Waals surface area (Å²) >= 11 is 0. The molecule has 30 heavy (non-hydrogen) atoms. The van der Waals surface area contributed by atoms with E-state index in [0.29, 0.717) is 12.3 Å². The van der Waals surface area contributed by atoms with Crippen molar-refractivity contribution in [1.82, 2.24) is 4.31 Å². The molecule has 1 amide bonds. The molecule has 168 valence electrons. The zero-order valence-electron chi connectivity index (χ0n) is 17.7. The predicted octanol–water partition coefficient (Wildman–Crippen LogP) is 0.409. The number of carbonyl (C=O) groups excluding carboxylic acids is 2. The molecule has 7 atom stereocenters. The van der Waals surface area contributed by atoms with Gasteiger partial charge >= 0.3 is 5.97 Å². The molecular weight excluding hydrogens is 414 g/mol. The van der Waals surface area contributed by atoms with Crippen LogP contribution in [0, 0.1) is 22.7 Å². The van der Waals surface area contributed by atoms with Crippen LogP contribution in [-0.2, 0) is 33.8 Å². The first-order valence-electron chi connectivity index (χ1n) is 10.5. The Kier molecular flexibility index (Phi) is 3.97. The first kappa shape index (κ1) is 20.7. The summed E-state index contributed by atoms with van der Waals surface area (Å²) in [5, 5.41) is 10.7. The molecule has 2 aliphatic carbocycles. The molecule has 0 aromatic heterocycles. The topological polar surface area (TPSA) is 119 Å². The lowest BCUT2D eigenvalue weighted by atomic mass is 9.69. The van der Waals surface area contributed by atoms with Crippen molar-refractivity contribution in [3.63, 3.8) is 0 Å². The van der Waals surface area contributed by atoms with Gasteiger partial charge in [-0.2, -0.15) is 0 Å². The highest BCUT2D eigenvalue weighted by molar-refractivity contribution is 7.90. The molecule has 5 fully saturated rings. The normalized spacial score (nSPS) is 49.8. The number of sulfonamides is 1. The highest BCUT2D eigenvalue weighted by Gasteiger charge is 2.75. The van der Waals surface area contributed by atoms with Gasteiger partial charge in [0, 0.05) is 11.8 Å². The molecule has 10 heteroatoms. The fourth-order valence-corrected chi connectivity index (χ4v) is 9.82. The van der Waals surface area contributed by atoms with Crippen molar-refractivity contribution in [3.8, 4) is 0 Å². The van der Waals surface area contributed by atoms with Gasteiger partial charge in [-0.1, -0.05) is 13.8 Å². The molecule has 5 rings (SSSR count). The Balaban J connectivity index is 1.58. The largest absolute Gasteiger partial charge is 0.467 e. The third-order valence-corrected chi connectivity index (χ3v) is 10.9. The van der Waals surface area contributed by atoms with Crippen LogP contribution in [0.2, 0.25) is 0 Å². The summed E-state index contributed by atoms with van der Waals surface area (Å²) in [6, 6.07) is -0.426. The van der Waals surface area contributed by atoms with E-state index in [0.717, 1.165) is 24.3 Å². The Bertz CT molecular complexity index is 933. The van der Waals surface area contributed by atoms with Crippen molar-refractivity contribution in [2.24, 2.45) is 22.7 Å². The van der Waals surface area contributed by atoms with Gasteiger partial charge < -0.3 is 19.3 Å². The van der Waals surface area contributed by atoms with Crippen molar-refractivity contribution < 1.29 is 37.3 Å². The van der Waals surface area contributed by atoms with E-state index in [1.54, 1.807) is 6.92 Å². The molecule has 1 N–H and O–H groups in total. The fraction of sp³-hybridized carbons (Fsp3) is 0.900. The van der Waals surface area contributed by atoms with Crippen LogP contribution in [0.4, 0.5) is 0 Å². The minimum atomic E-state index is -3.87. The fourth-order valence-electron chi connectivity index (χ4n) is 7.24. The smallest absolute Gasteiger partial charge is 0.341 e. The second-order valence-electron chi connectivity index (χ2n) is 10.4. The lowest BCUT2D eigenvalue weighted by Crippen LogP contribution is -2.63. The zero-order valence-corrected chi connectivity index (χ0v) is 18.5. The molecule has 3 heterocycles. The highest BCUT2D eigenvalue weighted by Crippen LogP contribution is 2.70. The van der Waals surface area contributed by atoms with Crippen LogP contribution in [0.3, 0.4) is 0 Å². The molecule has 9 nitrogen and oxygen atoms in total. The van der Waals surface area contributed by atoms with Gasteiger partial charge in [0.2, 0.25) is 21.5 Å². The Morgan fingerprint density at radius 2 is 1.93 bits per heavy atom. The Hall–Kier alpha value is -1.23. The average molecular weight is 444 g/mol. The van der Waals surface area contributed by atoms with Crippen LogP contribution in [0.15, 0.2) is 0 Å². The second-order valence-corrected chi connectivity index (χ2v) is 12.2. The summed E-state index contributed by atoms with van der Waals surface area (Å²) in [7, 11) is -2.72. The summed E-state index contributed by atoms with van der Waals surface area (Å²) < 4.78 is 43.9. The summed E-state index contributed by atoms with van der Waals surface area (Å²) in [6.45, 7) is 5.60. The van der Waals surface area contributed by atoms with Crippen molar-refractivity contribution in [2.45, 2.75) is 70.0 Å². The van der Waals surface area contributed by atoms with Gasteiger partial charge in [0.25, 0.3) is 0 Å². The first-order valence-corrected chi connectivity index (χ1v) is 12.1. The van der Waals surface area contributed by atoms with E-state index >= 15 is 0 Å². The summed E-state index contributed by atoms with van der Waals surface area (Å²) in [5.74, 6) is -3.77. The lowest BCUT2D eigenvalue weighted by molar-refractivity contribution is -0.311. The van der Waals surface area contributed by atoms with Crippen LogP contribution >= 0.6 is 0 Å².